The Hall–Kier alpha value is -2.16. The number of aliphatic carboxylic acids is 2. The number of carbonyl (C=O) groups is 4. The van der Waals surface area contributed by atoms with E-state index in [0.29, 0.717) is 0 Å². The second kappa shape index (κ2) is 9.78. The number of nitrogens with one attached hydrogen (secondary N) is 1. The molecule has 0 radical (unpaired) electrons. The molecule has 0 bridgehead atoms. The van der Waals surface area contributed by atoms with Crippen molar-refractivity contribution in [2.75, 3.05) is 0 Å². The van der Waals surface area contributed by atoms with Crippen molar-refractivity contribution in [2.24, 2.45) is 11.7 Å². The Labute approximate surface area is 134 Å². The number of ether oxygens (including phenoxy) is 1. The summed E-state index contributed by atoms with van der Waals surface area (Å²) in [5.41, 5.74) is 5.26. The molecule has 0 unspecified atom stereocenters. The summed E-state index contributed by atoms with van der Waals surface area (Å²) in [6.07, 6.45) is -1.30. The first-order chi connectivity index (χ1) is 10.5. The van der Waals surface area contributed by atoms with Gasteiger partial charge in [-0.15, -0.1) is 0 Å². The van der Waals surface area contributed by atoms with Crippen LogP contribution in [0.2, 0.25) is 0 Å². The average Bonchev–Trinajstić information content (AvgIpc) is 2.40. The fourth-order valence-electron chi connectivity index (χ4n) is 1.69. The molecule has 9 heteroatoms. The molecule has 9 nitrogen and oxygen atoms in total. The van der Waals surface area contributed by atoms with E-state index in [0.717, 1.165) is 0 Å². The molecule has 132 valence electrons. The molecule has 0 saturated heterocycles. The zero-order chi connectivity index (χ0) is 18.2. The van der Waals surface area contributed by atoms with E-state index < -0.39 is 42.0 Å². The minimum Gasteiger partial charge on any atom is -0.480 e. The number of carbonyl (C=O) groups excluding carboxylic acids is 2. The van der Waals surface area contributed by atoms with Crippen molar-refractivity contribution in [1.29, 1.82) is 0 Å². The molecule has 0 fully saturated rings. The van der Waals surface area contributed by atoms with Crippen LogP contribution in [0.1, 0.15) is 40.0 Å². The van der Waals surface area contributed by atoms with Crippen molar-refractivity contribution >= 4 is 23.8 Å². The Bertz CT molecular complexity index is 450. The summed E-state index contributed by atoms with van der Waals surface area (Å²) in [6, 6.07) is -2.62. The molecule has 0 aliphatic heterocycles. The molecule has 0 aromatic heterocycles. The lowest BCUT2D eigenvalue weighted by atomic mass is 10.1. The molecule has 3 atom stereocenters. The molecule has 0 aromatic rings. The molecular weight excluding hydrogens is 308 g/mol. The third kappa shape index (κ3) is 8.77. The number of nitrogens with two attached hydrogens (primary N) is 1. The number of esters is 1. The maximum Gasteiger partial charge on any atom is 0.330 e. The Morgan fingerprint density at radius 3 is 2.09 bits per heavy atom. The van der Waals surface area contributed by atoms with Gasteiger partial charge in [-0.1, -0.05) is 13.8 Å². The van der Waals surface area contributed by atoms with Crippen LogP contribution >= 0.6 is 0 Å². The molecule has 0 spiro atoms. The van der Waals surface area contributed by atoms with Crippen LogP contribution < -0.4 is 11.1 Å². The van der Waals surface area contributed by atoms with Crippen LogP contribution in [0.25, 0.3) is 0 Å². The quantitative estimate of drug-likeness (QED) is 0.398. The van der Waals surface area contributed by atoms with Gasteiger partial charge in [0.05, 0.1) is 0 Å². The van der Waals surface area contributed by atoms with E-state index >= 15 is 0 Å². The predicted molar refractivity (Wildman–Crippen MR) is 79.4 cm³/mol. The molecule has 0 aromatic carbocycles. The summed E-state index contributed by atoms with van der Waals surface area (Å²) in [5.74, 6) is -3.78. The average molecular weight is 332 g/mol. The summed E-state index contributed by atoms with van der Waals surface area (Å²) >= 11 is 0. The maximum absolute atomic E-state index is 11.7. The van der Waals surface area contributed by atoms with Crippen LogP contribution in [0.3, 0.4) is 0 Å². The summed E-state index contributed by atoms with van der Waals surface area (Å²) in [4.78, 5) is 45.0. The molecule has 0 heterocycles. The van der Waals surface area contributed by atoms with Gasteiger partial charge in [0.2, 0.25) is 5.91 Å². The molecule has 5 N–H and O–H groups in total. The third-order valence-electron chi connectivity index (χ3n) is 2.94. The van der Waals surface area contributed by atoms with E-state index in [1.54, 1.807) is 0 Å². The normalized spacial score (nSPS) is 14.7. The van der Waals surface area contributed by atoms with Gasteiger partial charge in [-0.25, -0.2) is 4.79 Å². The highest BCUT2D eigenvalue weighted by Gasteiger charge is 2.29. The van der Waals surface area contributed by atoms with Crippen LogP contribution in [0, 0.1) is 5.92 Å². The highest BCUT2D eigenvalue weighted by atomic mass is 16.5. The molecular formula is C14H24N2O7. The van der Waals surface area contributed by atoms with Gasteiger partial charge < -0.3 is 26.0 Å². The van der Waals surface area contributed by atoms with Gasteiger partial charge in [0.25, 0.3) is 0 Å². The largest absolute Gasteiger partial charge is 0.480 e. The second-order valence-corrected chi connectivity index (χ2v) is 5.66. The topological polar surface area (TPSA) is 156 Å². The first-order valence-electron chi connectivity index (χ1n) is 7.24. The first kappa shape index (κ1) is 20.8. The summed E-state index contributed by atoms with van der Waals surface area (Å²) in [6.45, 7) is 4.99. The number of carboxylic acids is 2. The summed E-state index contributed by atoms with van der Waals surface area (Å²) in [5, 5.41) is 19.9. The van der Waals surface area contributed by atoms with Crippen molar-refractivity contribution < 1.29 is 34.1 Å². The Kier molecular flexibility index (Phi) is 8.86. The highest BCUT2D eigenvalue weighted by Crippen LogP contribution is 2.07. The Morgan fingerprint density at radius 1 is 1.09 bits per heavy atom. The van der Waals surface area contributed by atoms with E-state index in [2.05, 4.69) is 5.32 Å². The number of hydrogen-bond acceptors (Lipinski definition) is 6. The number of rotatable bonds is 10. The lowest BCUT2D eigenvalue weighted by Crippen LogP contribution is -2.49. The smallest absolute Gasteiger partial charge is 0.330 e. The lowest BCUT2D eigenvalue weighted by Gasteiger charge is -2.22. The van der Waals surface area contributed by atoms with Gasteiger partial charge in [0.1, 0.15) is 12.1 Å². The number of amides is 1. The van der Waals surface area contributed by atoms with Crippen LogP contribution in [0.4, 0.5) is 0 Å². The number of carboxylic acid groups (broad SMARTS) is 2. The Balaban J connectivity index is 4.55. The molecule has 0 saturated carbocycles. The fraction of sp³-hybridized carbons (Fsp3) is 0.714. The van der Waals surface area contributed by atoms with Crippen molar-refractivity contribution in [3.05, 3.63) is 0 Å². The van der Waals surface area contributed by atoms with E-state index in [-0.39, 0.29) is 25.2 Å². The fourth-order valence-corrected chi connectivity index (χ4v) is 1.69. The van der Waals surface area contributed by atoms with Gasteiger partial charge in [0.15, 0.2) is 6.04 Å². The third-order valence-corrected chi connectivity index (χ3v) is 2.94. The zero-order valence-electron chi connectivity index (χ0n) is 13.4. The van der Waals surface area contributed by atoms with Gasteiger partial charge in [-0.05, 0) is 19.3 Å². The minimum absolute atomic E-state index is 0.0603. The van der Waals surface area contributed by atoms with Crippen LogP contribution in [0.15, 0.2) is 0 Å². The molecule has 0 aliphatic rings. The van der Waals surface area contributed by atoms with E-state index in [9.17, 15) is 19.2 Å². The van der Waals surface area contributed by atoms with Crippen molar-refractivity contribution in [1.82, 2.24) is 5.32 Å². The lowest BCUT2D eigenvalue weighted by molar-refractivity contribution is -0.157. The number of hydrogen-bond donors (Lipinski definition) is 4. The van der Waals surface area contributed by atoms with Gasteiger partial charge in [0, 0.05) is 12.8 Å². The monoisotopic (exact) mass is 332 g/mol. The van der Waals surface area contributed by atoms with E-state index in [1.807, 2.05) is 13.8 Å². The standard InChI is InChI=1S/C14H24N2O7/c1-7(2)6-11(18)23-8(3)12(14(21)22)16-10(17)5-4-9(15)13(19)20/h7-9,12H,4-6,15H2,1-3H3,(H,16,17)(H,19,20)(H,21,22)/t8-,9+,12+/m1/s1. The van der Waals surface area contributed by atoms with Crippen molar-refractivity contribution in [2.45, 2.75) is 58.2 Å². The van der Waals surface area contributed by atoms with Crippen LogP contribution in [-0.2, 0) is 23.9 Å². The van der Waals surface area contributed by atoms with Crippen LogP contribution in [0.5, 0.6) is 0 Å². The second-order valence-electron chi connectivity index (χ2n) is 5.66. The molecule has 1 amide bonds. The summed E-state index contributed by atoms with van der Waals surface area (Å²) < 4.78 is 5.00. The molecule has 0 rings (SSSR count). The van der Waals surface area contributed by atoms with E-state index in [1.165, 1.54) is 6.92 Å². The van der Waals surface area contributed by atoms with Crippen molar-refractivity contribution in [3.8, 4) is 0 Å². The van der Waals surface area contributed by atoms with Crippen molar-refractivity contribution in [3.63, 3.8) is 0 Å². The first-order valence-corrected chi connectivity index (χ1v) is 7.24. The maximum atomic E-state index is 11.7. The van der Waals surface area contributed by atoms with E-state index in [4.69, 9.17) is 20.7 Å². The zero-order valence-corrected chi connectivity index (χ0v) is 13.4. The predicted octanol–water partition coefficient (Wildman–Crippen LogP) is -0.274. The summed E-state index contributed by atoms with van der Waals surface area (Å²) in [7, 11) is 0. The highest BCUT2D eigenvalue weighted by molar-refractivity contribution is 5.84. The molecule has 23 heavy (non-hydrogen) atoms. The van der Waals surface area contributed by atoms with Gasteiger partial charge >= 0.3 is 17.9 Å². The minimum atomic E-state index is -1.42. The van der Waals surface area contributed by atoms with Gasteiger partial charge in [-0.3, -0.25) is 14.4 Å². The SMILES string of the molecule is CC(C)CC(=O)O[C@H](C)[C@H](NC(=O)CC[C@H](N)C(=O)O)C(=O)O. The Morgan fingerprint density at radius 2 is 1.65 bits per heavy atom. The van der Waals surface area contributed by atoms with Crippen LogP contribution in [-0.4, -0.2) is 52.2 Å². The van der Waals surface area contributed by atoms with Gasteiger partial charge in [-0.2, -0.15) is 0 Å². The molecule has 0 aliphatic carbocycles.